The molecule has 2 fully saturated rings. The number of nitrogens with zero attached hydrogens (tertiary/aromatic N) is 2. The highest BCUT2D eigenvalue weighted by molar-refractivity contribution is 6.30. The Labute approximate surface area is 224 Å². The van der Waals surface area contributed by atoms with E-state index in [4.69, 9.17) is 25.8 Å². The van der Waals surface area contributed by atoms with Crippen LogP contribution in [0, 0.1) is 5.41 Å². The van der Waals surface area contributed by atoms with E-state index in [0.29, 0.717) is 24.5 Å². The molecule has 2 heterocycles. The zero-order chi connectivity index (χ0) is 27.4. The van der Waals surface area contributed by atoms with Crippen molar-refractivity contribution >= 4 is 29.6 Å². The Hall–Kier alpha value is -2.58. The van der Waals surface area contributed by atoms with Gasteiger partial charge in [0.25, 0.3) is 0 Å². The second-order valence-electron chi connectivity index (χ2n) is 11.5. The summed E-state index contributed by atoms with van der Waals surface area (Å²) in [5.41, 5.74) is -1.13. The van der Waals surface area contributed by atoms with E-state index in [-0.39, 0.29) is 31.5 Å². The van der Waals surface area contributed by atoms with Crippen molar-refractivity contribution in [3.8, 4) is 0 Å². The van der Waals surface area contributed by atoms with Crippen LogP contribution < -0.4 is 0 Å². The summed E-state index contributed by atoms with van der Waals surface area (Å²) in [6, 6.07) is 6.76. The number of hydrogen-bond donors (Lipinski definition) is 0. The minimum atomic E-state index is -0.989. The van der Waals surface area contributed by atoms with Gasteiger partial charge in [-0.1, -0.05) is 36.4 Å². The van der Waals surface area contributed by atoms with Gasteiger partial charge in [-0.25, -0.2) is 9.59 Å². The topological polar surface area (TPSA) is 85.4 Å². The summed E-state index contributed by atoms with van der Waals surface area (Å²) in [5, 5.41) is 0.631. The molecule has 0 unspecified atom stereocenters. The molecule has 9 heteroatoms. The number of benzene rings is 1. The largest absolute Gasteiger partial charge is 0.445 e. The zero-order valence-electron chi connectivity index (χ0n) is 22.5. The lowest BCUT2D eigenvalue weighted by Crippen LogP contribution is -2.53. The summed E-state index contributed by atoms with van der Waals surface area (Å²) in [6.07, 6.45) is 2.70. The van der Waals surface area contributed by atoms with Gasteiger partial charge in [-0.05, 0) is 77.0 Å². The fourth-order valence-electron chi connectivity index (χ4n) is 5.15. The van der Waals surface area contributed by atoms with E-state index < -0.39 is 28.9 Å². The number of ketones is 1. The molecule has 2 atom stereocenters. The number of Topliss-reactive ketones (excluding diaryl/α,β-unsaturated/α-hetero) is 1. The van der Waals surface area contributed by atoms with Crippen LogP contribution in [0.3, 0.4) is 0 Å². The number of piperidine rings is 1. The Kier molecular flexibility index (Phi) is 8.96. The van der Waals surface area contributed by atoms with Crippen LogP contribution in [-0.4, -0.2) is 71.4 Å². The molecule has 2 amide bonds. The van der Waals surface area contributed by atoms with Crippen LogP contribution >= 0.6 is 11.6 Å². The van der Waals surface area contributed by atoms with Crippen LogP contribution in [0.1, 0.15) is 59.4 Å². The number of amides is 2. The molecule has 2 aliphatic heterocycles. The zero-order valence-corrected chi connectivity index (χ0v) is 23.3. The fourth-order valence-corrected chi connectivity index (χ4v) is 5.28. The molecular formula is C28H39ClN2O6. The van der Waals surface area contributed by atoms with Crippen molar-refractivity contribution in [1.82, 2.24) is 9.80 Å². The number of ether oxygens (including phenoxy) is 3. The van der Waals surface area contributed by atoms with Gasteiger partial charge < -0.3 is 19.1 Å². The third-order valence-corrected chi connectivity index (χ3v) is 6.99. The molecule has 37 heavy (non-hydrogen) atoms. The molecule has 0 spiro atoms. The third-order valence-electron chi connectivity index (χ3n) is 6.73. The number of likely N-dealkylation sites (tertiary alicyclic amines) is 1. The molecule has 204 valence electrons. The summed E-state index contributed by atoms with van der Waals surface area (Å²) < 4.78 is 16.7. The Morgan fingerprint density at radius 3 is 2.49 bits per heavy atom. The maximum absolute atomic E-state index is 13.8. The fraction of sp³-hybridized carbons (Fsp3) is 0.607. The lowest BCUT2D eigenvalue weighted by atomic mass is 9.71. The second-order valence-corrected chi connectivity index (χ2v) is 11.9. The monoisotopic (exact) mass is 534 g/mol. The molecule has 0 aliphatic carbocycles. The van der Waals surface area contributed by atoms with E-state index in [1.54, 1.807) is 18.7 Å². The molecule has 1 aromatic carbocycles. The van der Waals surface area contributed by atoms with E-state index in [1.165, 1.54) is 11.0 Å². The summed E-state index contributed by atoms with van der Waals surface area (Å²) >= 11 is 6.10. The first-order valence-corrected chi connectivity index (χ1v) is 13.1. The number of rotatable bonds is 7. The van der Waals surface area contributed by atoms with E-state index in [9.17, 15) is 14.4 Å². The first-order valence-electron chi connectivity index (χ1n) is 12.7. The van der Waals surface area contributed by atoms with Crippen LogP contribution in [-0.2, 0) is 25.4 Å². The standard InChI is InChI=1S/C28H39ClN2O6/c1-7-15-35-25(34)31-22(18-36-27(31,5)6)23(32)17-28(16-20-9-11-21(29)12-10-20)13-8-14-30(19-28)24(33)37-26(2,3)4/h7,9-12,22H,1,8,13-19H2,2-6H3/t22-,28-/m0/s1. The van der Waals surface area contributed by atoms with Crippen LogP contribution in [0.2, 0.25) is 5.02 Å². The maximum Gasteiger partial charge on any atom is 0.413 e. The number of carbonyl (C=O) groups excluding carboxylic acids is 3. The Morgan fingerprint density at radius 2 is 1.86 bits per heavy atom. The van der Waals surface area contributed by atoms with Crippen molar-refractivity contribution < 1.29 is 28.6 Å². The SMILES string of the molecule is C=CCOC(=O)N1[C@H](C(=O)C[C@@]2(Cc3ccc(Cl)cc3)CCCN(C(=O)OC(C)(C)C)C2)COC1(C)C. The molecular weight excluding hydrogens is 496 g/mol. The summed E-state index contributed by atoms with van der Waals surface area (Å²) in [4.78, 5) is 42.7. The molecule has 0 saturated carbocycles. The van der Waals surface area contributed by atoms with Gasteiger partial charge in [-0.2, -0.15) is 0 Å². The van der Waals surface area contributed by atoms with Gasteiger partial charge in [0.1, 0.15) is 24.0 Å². The number of halogens is 1. The lowest BCUT2D eigenvalue weighted by molar-refractivity contribution is -0.127. The van der Waals surface area contributed by atoms with Gasteiger partial charge in [-0.3, -0.25) is 9.69 Å². The highest BCUT2D eigenvalue weighted by atomic mass is 35.5. The predicted octanol–water partition coefficient (Wildman–Crippen LogP) is 5.62. The van der Waals surface area contributed by atoms with Crippen molar-refractivity contribution in [2.75, 3.05) is 26.3 Å². The van der Waals surface area contributed by atoms with E-state index in [0.717, 1.165) is 18.4 Å². The van der Waals surface area contributed by atoms with E-state index in [2.05, 4.69) is 6.58 Å². The van der Waals surface area contributed by atoms with Crippen LogP contribution in [0.25, 0.3) is 0 Å². The summed E-state index contributed by atoms with van der Waals surface area (Å²) in [5.74, 6) is -0.124. The van der Waals surface area contributed by atoms with Crippen molar-refractivity contribution in [2.45, 2.75) is 77.7 Å². The van der Waals surface area contributed by atoms with Gasteiger partial charge in [0.2, 0.25) is 0 Å². The molecule has 2 saturated heterocycles. The molecule has 0 radical (unpaired) electrons. The number of hydrogen-bond acceptors (Lipinski definition) is 6. The van der Waals surface area contributed by atoms with Crippen LogP contribution in [0.4, 0.5) is 9.59 Å². The molecule has 0 aromatic heterocycles. The van der Waals surface area contributed by atoms with Gasteiger partial charge in [-0.15, -0.1) is 0 Å². The number of carbonyl (C=O) groups is 3. The van der Waals surface area contributed by atoms with Crippen LogP contribution in [0.15, 0.2) is 36.9 Å². The Morgan fingerprint density at radius 1 is 1.19 bits per heavy atom. The molecule has 2 aliphatic rings. The average molecular weight is 535 g/mol. The first-order chi connectivity index (χ1) is 17.3. The van der Waals surface area contributed by atoms with Gasteiger partial charge in [0, 0.05) is 24.5 Å². The van der Waals surface area contributed by atoms with Gasteiger partial charge >= 0.3 is 12.2 Å². The molecule has 3 rings (SSSR count). The van der Waals surface area contributed by atoms with Crippen molar-refractivity contribution in [1.29, 1.82) is 0 Å². The minimum Gasteiger partial charge on any atom is -0.445 e. The Balaban J connectivity index is 1.87. The quantitative estimate of drug-likeness (QED) is 0.422. The van der Waals surface area contributed by atoms with Crippen LogP contribution in [0.5, 0.6) is 0 Å². The normalized spacial score (nSPS) is 23.5. The van der Waals surface area contributed by atoms with Crippen molar-refractivity contribution in [3.05, 3.63) is 47.5 Å². The van der Waals surface area contributed by atoms with Gasteiger partial charge in [0.15, 0.2) is 5.78 Å². The molecule has 0 N–H and O–H groups in total. The second kappa shape index (κ2) is 11.4. The third kappa shape index (κ3) is 7.48. The molecule has 0 bridgehead atoms. The molecule has 8 nitrogen and oxygen atoms in total. The highest BCUT2D eigenvalue weighted by Gasteiger charge is 2.50. The lowest BCUT2D eigenvalue weighted by Gasteiger charge is -2.43. The molecule has 1 aromatic rings. The summed E-state index contributed by atoms with van der Waals surface area (Å²) in [6.45, 7) is 13.6. The van der Waals surface area contributed by atoms with Crippen molar-refractivity contribution in [3.63, 3.8) is 0 Å². The van der Waals surface area contributed by atoms with E-state index >= 15 is 0 Å². The predicted molar refractivity (Wildman–Crippen MR) is 141 cm³/mol. The highest BCUT2D eigenvalue weighted by Crippen LogP contribution is 2.40. The van der Waals surface area contributed by atoms with Crippen molar-refractivity contribution in [2.24, 2.45) is 5.41 Å². The van der Waals surface area contributed by atoms with E-state index in [1.807, 2.05) is 45.0 Å². The average Bonchev–Trinajstić information content (AvgIpc) is 3.13. The smallest absolute Gasteiger partial charge is 0.413 e. The first kappa shape index (κ1) is 29.0. The minimum absolute atomic E-state index is 0.0394. The summed E-state index contributed by atoms with van der Waals surface area (Å²) in [7, 11) is 0. The Bertz CT molecular complexity index is 1000. The van der Waals surface area contributed by atoms with Gasteiger partial charge in [0.05, 0.1) is 6.61 Å². The maximum atomic E-state index is 13.8.